The number of rotatable bonds is 5. The third-order valence-electron chi connectivity index (χ3n) is 3.81. The van der Waals surface area contributed by atoms with Gasteiger partial charge >= 0.3 is 0 Å². The first-order chi connectivity index (χ1) is 10.1. The van der Waals surface area contributed by atoms with Crippen LogP contribution in [0.1, 0.15) is 19.4 Å². The summed E-state index contributed by atoms with van der Waals surface area (Å²) in [6.45, 7) is 7.34. The standard InChI is InChI=1S/C16H26N2O3.ClH/c1-11-8-18(9-12(2)17-11)10-13-6-7-14(19-3)16(21-5)15(13)20-4;/h6-7,11-12,17H,8-10H2,1-5H3;1H. The van der Waals surface area contributed by atoms with E-state index in [4.69, 9.17) is 14.2 Å². The molecule has 1 heterocycles. The molecule has 0 aromatic heterocycles. The first kappa shape index (κ1) is 18.9. The second-order valence-corrected chi connectivity index (χ2v) is 5.66. The Balaban J connectivity index is 0.00000242. The summed E-state index contributed by atoms with van der Waals surface area (Å²) < 4.78 is 16.3. The van der Waals surface area contributed by atoms with Gasteiger partial charge in [-0.15, -0.1) is 12.4 Å². The third kappa shape index (κ3) is 4.18. The van der Waals surface area contributed by atoms with E-state index < -0.39 is 0 Å². The number of nitrogens with one attached hydrogen (secondary N) is 1. The number of halogens is 1. The molecule has 1 aromatic rings. The SMILES string of the molecule is COc1ccc(CN2CC(C)NC(C)C2)c(OC)c1OC.Cl. The second kappa shape index (κ2) is 8.46. The van der Waals surface area contributed by atoms with Crippen molar-refractivity contribution < 1.29 is 14.2 Å². The normalized spacial score (nSPS) is 21.9. The molecule has 1 aromatic carbocycles. The molecule has 126 valence electrons. The molecule has 22 heavy (non-hydrogen) atoms. The maximum Gasteiger partial charge on any atom is 0.203 e. The highest BCUT2D eigenvalue weighted by Crippen LogP contribution is 2.40. The van der Waals surface area contributed by atoms with Crippen molar-refractivity contribution in [3.63, 3.8) is 0 Å². The summed E-state index contributed by atoms with van der Waals surface area (Å²) in [4.78, 5) is 2.44. The largest absolute Gasteiger partial charge is 0.493 e. The van der Waals surface area contributed by atoms with Crippen LogP contribution in [-0.4, -0.2) is 51.4 Å². The smallest absolute Gasteiger partial charge is 0.203 e. The number of hydrogen-bond donors (Lipinski definition) is 1. The van der Waals surface area contributed by atoms with Gasteiger partial charge in [0.1, 0.15) is 0 Å². The quantitative estimate of drug-likeness (QED) is 0.897. The molecule has 2 unspecified atom stereocenters. The van der Waals surface area contributed by atoms with Crippen molar-refractivity contribution in [2.75, 3.05) is 34.4 Å². The number of ether oxygens (including phenoxy) is 3. The fourth-order valence-corrected chi connectivity index (χ4v) is 3.10. The maximum atomic E-state index is 5.56. The highest BCUT2D eigenvalue weighted by Gasteiger charge is 2.23. The number of nitrogens with zero attached hydrogens (tertiary/aromatic N) is 1. The van der Waals surface area contributed by atoms with Crippen LogP contribution in [0.2, 0.25) is 0 Å². The molecule has 6 heteroatoms. The highest BCUT2D eigenvalue weighted by atomic mass is 35.5. The van der Waals surface area contributed by atoms with Crippen LogP contribution in [0.3, 0.4) is 0 Å². The number of piperazine rings is 1. The van der Waals surface area contributed by atoms with Gasteiger partial charge in [-0.1, -0.05) is 6.07 Å². The average molecular weight is 331 g/mol. The summed E-state index contributed by atoms with van der Waals surface area (Å²) in [6, 6.07) is 4.99. The van der Waals surface area contributed by atoms with Crippen molar-refractivity contribution in [2.45, 2.75) is 32.5 Å². The fraction of sp³-hybridized carbons (Fsp3) is 0.625. The lowest BCUT2D eigenvalue weighted by Gasteiger charge is -2.36. The van der Waals surface area contributed by atoms with Crippen LogP contribution in [-0.2, 0) is 6.54 Å². The first-order valence-electron chi connectivity index (χ1n) is 7.35. The predicted molar refractivity (Wildman–Crippen MR) is 90.7 cm³/mol. The molecular formula is C16H27ClN2O3. The summed E-state index contributed by atoms with van der Waals surface area (Å²) >= 11 is 0. The van der Waals surface area contributed by atoms with Gasteiger partial charge in [0.25, 0.3) is 0 Å². The number of hydrogen-bond acceptors (Lipinski definition) is 5. The lowest BCUT2D eigenvalue weighted by Crippen LogP contribution is -2.53. The Morgan fingerprint density at radius 3 is 2.09 bits per heavy atom. The molecule has 1 aliphatic heterocycles. The van der Waals surface area contributed by atoms with Gasteiger partial charge in [-0.05, 0) is 19.9 Å². The van der Waals surface area contributed by atoms with Gasteiger partial charge in [0.05, 0.1) is 21.3 Å². The van der Waals surface area contributed by atoms with Crippen molar-refractivity contribution in [1.82, 2.24) is 10.2 Å². The zero-order valence-corrected chi connectivity index (χ0v) is 14.8. The Labute approximate surface area is 139 Å². The minimum atomic E-state index is 0. The molecule has 0 amide bonds. The van der Waals surface area contributed by atoms with E-state index in [1.54, 1.807) is 21.3 Å². The summed E-state index contributed by atoms with van der Waals surface area (Å²) in [7, 11) is 4.94. The summed E-state index contributed by atoms with van der Waals surface area (Å²) in [6.07, 6.45) is 0. The van der Waals surface area contributed by atoms with Crippen molar-refractivity contribution >= 4 is 12.4 Å². The van der Waals surface area contributed by atoms with Crippen molar-refractivity contribution in [2.24, 2.45) is 0 Å². The topological polar surface area (TPSA) is 43.0 Å². The Hall–Kier alpha value is -1.17. The zero-order chi connectivity index (χ0) is 15.4. The van der Waals surface area contributed by atoms with Gasteiger partial charge in [0.15, 0.2) is 11.5 Å². The molecule has 1 fully saturated rings. The van der Waals surface area contributed by atoms with E-state index in [9.17, 15) is 0 Å². The van der Waals surface area contributed by atoms with Crippen molar-refractivity contribution in [3.8, 4) is 17.2 Å². The monoisotopic (exact) mass is 330 g/mol. The van der Waals surface area contributed by atoms with E-state index in [1.165, 1.54) is 0 Å². The highest BCUT2D eigenvalue weighted by molar-refractivity contribution is 5.85. The van der Waals surface area contributed by atoms with Crippen molar-refractivity contribution in [1.29, 1.82) is 0 Å². The van der Waals surface area contributed by atoms with Gasteiger partial charge in [-0.3, -0.25) is 4.90 Å². The summed E-state index contributed by atoms with van der Waals surface area (Å²) in [5.41, 5.74) is 1.12. The lowest BCUT2D eigenvalue weighted by atomic mass is 10.1. The predicted octanol–water partition coefficient (Wildman–Crippen LogP) is 2.32. The summed E-state index contributed by atoms with van der Waals surface area (Å²) in [5, 5.41) is 3.55. The average Bonchev–Trinajstić information content (AvgIpc) is 2.45. The second-order valence-electron chi connectivity index (χ2n) is 5.66. The van der Waals surface area contributed by atoms with Gasteiger partial charge in [-0.2, -0.15) is 0 Å². The van der Waals surface area contributed by atoms with E-state index in [0.29, 0.717) is 23.6 Å². The molecule has 1 saturated heterocycles. The molecular weight excluding hydrogens is 304 g/mol. The molecule has 0 radical (unpaired) electrons. The molecule has 2 rings (SSSR count). The third-order valence-corrected chi connectivity index (χ3v) is 3.81. The van der Waals surface area contributed by atoms with Gasteiger partial charge in [0, 0.05) is 37.3 Å². The fourth-order valence-electron chi connectivity index (χ4n) is 3.10. The van der Waals surface area contributed by atoms with E-state index in [1.807, 2.05) is 6.07 Å². The Bertz CT molecular complexity index is 475. The summed E-state index contributed by atoms with van der Waals surface area (Å²) in [5.74, 6) is 2.12. The minimum Gasteiger partial charge on any atom is -0.493 e. The van der Waals surface area contributed by atoms with Crippen LogP contribution < -0.4 is 19.5 Å². The Morgan fingerprint density at radius 1 is 1.00 bits per heavy atom. The molecule has 2 atom stereocenters. The van der Waals surface area contributed by atoms with Crippen LogP contribution in [0.4, 0.5) is 0 Å². The molecule has 0 aliphatic carbocycles. The van der Waals surface area contributed by atoms with E-state index in [-0.39, 0.29) is 12.4 Å². The number of benzene rings is 1. The Kier molecular flexibility index (Phi) is 7.26. The lowest BCUT2D eigenvalue weighted by molar-refractivity contribution is 0.164. The molecule has 0 spiro atoms. The van der Waals surface area contributed by atoms with Gasteiger partial charge < -0.3 is 19.5 Å². The first-order valence-corrected chi connectivity index (χ1v) is 7.35. The van der Waals surface area contributed by atoms with Crippen molar-refractivity contribution in [3.05, 3.63) is 17.7 Å². The van der Waals surface area contributed by atoms with Gasteiger partial charge in [-0.25, -0.2) is 0 Å². The van der Waals surface area contributed by atoms with Crippen LogP contribution in [0.15, 0.2) is 12.1 Å². The van der Waals surface area contributed by atoms with E-state index in [2.05, 4.69) is 30.1 Å². The van der Waals surface area contributed by atoms with E-state index >= 15 is 0 Å². The van der Waals surface area contributed by atoms with Crippen LogP contribution in [0.5, 0.6) is 17.2 Å². The molecule has 5 nitrogen and oxygen atoms in total. The van der Waals surface area contributed by atoms with Crippen LogP contribution in [0.25, 0.3) is 0 Å². The van der Waals surface area contributed by atoms with Gasteiger partial charge in [0.2, 0.25) is 5.75 Å². The van der Waals surface area contributed by atoms with E-state index in [0.717, 1.165) is 30.9 Å². The molecule has 1 aliphatic rings. The van der Waals surface area contributed by atoms with Crippen LogP contribution >= 0.6 is 12.4 Å². The molecule has 1 N–H and O–H groups in total. The Morgan fingerprint density at radius 2 is 1.59 bits per heavy atom. The number of methoxy groups -OCH3 is 3. The maximum absolute atomic E-state index is 5.56. The van der Waals surface area contributed by atoms with Crippen LogP contribution in [0, 0.1) is 0 Å². The minimum absolute atomic E-state index is 0. The zero-order valence-electron chi connectivity index (χ0n) is 14.0. The molecule has 0 saturated carbocycles. The molecule has 0 bridgehead atoms.